The Morgan fingerprint density at radius 3 is 2.39 bits per heavy atom. The lowest BCUT2D eigenvalue weighted by atomic mass is 10.1. The number of carboxylic acid groups (broad SMARTS) is 1. The van der Waals surface area contributed by atoms with Crippen molar-refractivity contribution in [3.05, 3.63) is 29.3 Å². The van der Waals surface area contributed by atoms with Crippen LogP contribution in [-0.2, 0) is 11.0 Å². The van der Waals surface area contributed by atoms with E-state index in [4.69, 9.17) is 10.8 Å². The van der Waals surface area contributed by atoms with Crippen molar-refractivity contribution in [2.75, 3.05) is 11.9 Å². The Hall–Kier alpha value is -2.25. The van der Waals surface area contributed by atoms with Gasteiger partial charge in [0.2, 0.25) is 5.91 Å². The number of halogens is 3. The molecule has 0 aliphatic rings. The molecule has 0 radical (unpaired) electrons. The van der Waals surface area contributed by atoms with Gasteiger partial charge in [0.25, 0.3) is 0 Å². The van der Waals surface area contributed by atoms with Crippen LogP contribution in [0.15, 0.2) is 18.2 Å². The van der Waals surface area contributed by atoms with Crippen LogP contribution in [0.25, 0.3) is 0 Å². The third kappa shape index (κ3) is 3.37. The van der Waals surface area contributed by atoms with Crippen LogP contribution in [0.3, 0.4) is 0 Å². The van der Waals surface area contributed by atoms with Crippen molar-refractivity contribution in [3.8, 4) is 0 Å². The topological polar surface area (TPSA) is 92.4 Å². The van der Waals surface area contributed by atoms with Crippen LogP contribution in [0, 0.1) is 0 Å². The quantitative estimate of drug-likeness (QED) is 0.762. The second-order valence-corrected chi connectivity index (χ2v) is 3.38. The highest BCUT2D eigenvalue weighted by Crippen LogP contribution is 2.31. The van der Waals surface area contributed by atoms with E-state index in [9.17, 15) is 22.8 Å². The lowest BCUT2D eigenvalue weighted by Gasteiger charge is -2.11. The molecule has 1 aromatic rings. The number of carboxylic acids is 1. The maximum Gasteiger partial charge on any atom is 0.416 e. The van der Waals surface area contributed by atoms with Crippen LogP contribution in [0.2, 0.25) is 0 Å². The second-order valence-electron chi connectivity index (χ2n) is 3.38. The van der Waals surface area contributed by atoms with Gasteiger partial charge in [0.1, 0.15) is 0 Å². The monoisotopic (exact) mass is 262 g/mol. The van der Waals surface area contributed by atoms with Gasteiger partial charge in [0, 0.05) is 5.69 Å². The molecule has 0 unspecified atom stereocenters. The fraction of sp³-hybridized carbons (Fsp3) is 0.200. The number of nitrogens with one attached hydrogen (secondary N) is 1. The van der Waals surface area contributed by atoms with Gasteiger partial charge in [-0.1, -0.05) is 0 Å². The molecule has 0 aliphatic carbocycles. The number of nitrogens with two attached hydrogens (primary N) is 1. The summed E-state index contributed by atoms with van der Waals surface area (Å²) in [4.78, 5) is 21.3. The molecule has 0 aliphatic heterocycles. The molecule has 0 spiro atoms. The molecule has 0 saturated heterocycles. The standard InChI is InChI=1S/C10H9F3N2O3/c11-10(12,13)5-1-2-7(15-4-8(14)16)6(3-5)9(17)18/h1-3,15H,4H2,(H2,14,16)(H,17,18). The van der Waals surface area contributed by atoms with Crippen molar-refractivity contribution in [2.24, 2.45) is 5.73 Å². The number of carbonyl (C=O) groups is 2. The predicted octanol–water partition coefficient (Wildman–Crippen LogP) is 1.30. The third-order valence-electron chi connectivity index (χ3n) is 2.03. The van der Waals surface area contributed by atoms with E-state index in [1.807, 2.05) is 0 Å². The summed E-state index contributed by atoms with van der Waals surface area (Å²) >= 11 is 0. The van der Waals surface area contributed by atoms with E-state index in [2.05, 4.69) is 5.32 Å². The van der Waals surface area contributed by atoms with Crippen molar-refractivity contribution >= 4 is 17.6 Å². The number of rotatable bonds is 4. The van der Waals surface area contributed by atoms with Gasteiger partial charge in [-0.2, -0.15) is 13.2 Å². The molecule has 0 heterocycles. The molecule has 1 amide bonds. The van der Waals surface area contributed by atoms with Crippen molar-refractivity contribution in [1.29, 1.82) is 0 Å². The largest absolute Gasteiger partial charge is 0.478 e. The molecule has 8 heteroatoms. The maximum absolute atomic E-state index is 12.4. The zero-order valence-corrected chi connectivity index (χ0v) is 8.91. The average molecular weight is 262 g/mol. The Morgan fingerprint density at radius 1 is 1.33 bits per heavy atom. The summed E-state index contributed by atoms with van der Waals surface area (Å²) in [5, 5.41) is 11.1. The summed E-state index contributed by atoms with van der Waals surface area (Å²) in [6, 6.07) is 2.15. The van der Waals surface area contributed by atoms with Crippen LogP contribution in [-0.4, -0.2) is 23.5 Å². The SMILES string of the molecule is NC(=O)CNc1ccc(C(F)(F)F)cc1C(=O)O. The van der Waals surface area contributed by atoms with E-state index in [-0.39, 0.29) is 12.2 Å². The van der Waals surface area contributed by atoms with Gasteiger partial charge < -0.3 is 16.2 Å². The van der Waals surface area contributed by atoms with E-state index in [0.717, 1.165) is 12.1 Å². The predicted molar refractivity (Wildman–Crippen MR) is 56.1 cm³/mol. The van der Waals surface area contributed by atoms with Crippen LogP contribution in [0.4, 0.5) is 18.9 Å². The molecule has 0 aromatic heterocycles. The van der Waals surface area contributed by atoms with E-state index in [0.29, 0.717) is 6.07 Å². The Morgan fingerprint density at radius 2 is 1.94 bits per heavy atom. The lowest BCUT2D eigenvalue weighted by Crippen LogP contribution is -2.23. The molecule has 1 aromatic carbocycles. The summed E-state index contributed by atoms with van der Waals surface area (Å²) in [7, 11) is 0. The minimum absolute atomic E-state index is 0.102. The van der Waals surface area contributed by atoms with Gasteiger partial charge in [-0.25, -0.2) is 4.79 Å². The number of benzene rings is 1. The summed E-state index contributed by atoms with van der Waals surface area (Å²) in [5.41, 5.74) is 3.08. The van der Waals surface area contributed by atoms with Crippen molar-refractivity contribution in [2.45, 2.75) is 6.18 Å². The molecule has 0 saturated carbocycles. The molecule has 0 atom stereocenters. The first kappa shape index (κ1) is 13.8. The fourth-order valence-corrected chi connectivity index (χ4v) is 1.23. The highest BCUT2D eigenvalue weighted by atomic mass is 19.4. The molecule has 0 fully saturated rings. The van der Waals surface area contributed by atoms with Crippen molar-refractivity contribution < 1.29 is 27.9 Å². The van der Waals surface area contributed by atoms with Crippen molar-refractivity contribution in [1.82, 2.24) is 0 Å². The number of anilines is 1. The lowest BCUT2D eigenvalue weighted by molar-refractivity contribution is -0.137. The summed E-state index contributed by atoms with van der Waals surface area (Å²) in [5.74, 6) is -2.29. The molecule has 98 valence electrons. The number of hydrogen-bond acceptors (Lipinski definition) is 3. The van der Waals surface area contributed by atoms with Gasteiger partial charge in [-0.15, -0.1) is 0 Å². The third-order valence-corrected chi connectivity index (χ3v) is 2.03. The Bertz CT molecular complexity index is 486. The van der Waals surface area contributed by atoms with E-state index in [1.54, 1.807) is 0 Å². The zero-order valence-electron chi connectivity index (χ0n) is 8.91. The molecule has 1 rings (SSSR count). The zero-order chi connectivity index (χ0) is 13.9. The van der Waals surface area contributed by atoms with E-state index in [1.165, 1.54) is 0 Å². The fourth-order valence-electron chi connectivity index (χ4n) is 1.23. The molecule has 0 bridgehead atoms. The number of amides is 1. The Kier molecular flexibility index (Phi) is 3.79. The number of carbonyl (C=O) groups excluding carboxylic acids is 1. The normalized spacial score (nSPS) is 11.1. The number of primary amides is 1. The average Bonchev–Trinajstić information content (AvgIpc) is 2.24. The number of aromatic carboxylic acids is 1. The number of hydrogen-bond donors (Lipinski definition) is 3. The van der Waals surface area contributed by atoms with Crippen LogP contribution < -0.4 is 11.1 Å². The Balaban J connectivity index is 3.13. The molecule has 5 nitrogen and oxygen atoms in total. The first-order valence-electron chi connectivity index (χ1n) is 4.68. The van der Waals surface area contributed by atoms with Crippen molar-refractivity contribution in [3.63, 3.8) is 0 Å². The van der Waals surface area contributed by atoms with E-state index < -0.39 is 29.2 Å². The molecule has 4 N–H and O–H groups in total. The van der Waals surface area contributed by atoms with Crippen LogP contribution >= 0.6 is 0 Å². The van der Waals surface area contributed by atoms with Gasteiger partial charge in [0.15, 0.2) is 0 Å². The van der Waals surface area contributed by atoms with Gasteiger partial charge >= 0.3 is 12.1 Å². The minimum Gasteiger partial charge on any atom is -0.478 e. The number of alkyl halides is 3. The van der Waals surface area contributed by atoms with Gasteiger partial charge in [-0.3, -0.25) is 4.79 Å². The highest BCUT2D eigenvalue weighted by molar-refractivity contribution is 5.95. The van der Waals surface area contributed by atoms with Gasteiger partial charge in [-0.05, 0) is 18.2 Å². The van der Waals surface area contributed by atoms with Crippen LogP contribution in [0.1, 0.15) is 15.9 Å². The first-order chi connectivity index (χ1) is 8.21. The summed E-state index contributed by atoms with van der Waals surface area (Å²) in [6.07, 6.45) is -4.63. The first-order valence-corrected chi connectivity index (χ1v) is 4.68. The summed E-state index contributed by atoms with van der Waals surface area (Å²) < 4.78 is 37.2. The highest BCUT2D eigenvalue weighted by Gasteiger charge is 2.31. The second kappa shape index (κ2) is 4.94. The maximum atomic E-state index is 12.4. The molecule has 18 heavy (non-hydrogen) atoms. The minimum atomic E-state index is -4.63. The van der Waals surface area contributed by atoms with Gasteiger partial charge in [0.05, 0.1) is 17.7 Å². The summed E-state index contributed by atoms with van der Waals surface area (Å²) in [6.45, 7) is -0.369. The molecular formula is C10H9F3N2O3. The van der Waals surface area contributed by atoms with E-state index >= 15 is 0 Å². The molecular weight excluding hydrogens is 253 g/mol. The smallest absolute Gasteiger partial charge is 0.416 e. The van der Waals surface area contributed by atoms with Crippen LogP contribution in [0.5, 0.6) is 0 Å². The Labute approximate surface area is 99.4 Å².